The van der Waals surface area contributed by atoms with E-state index in [1.807, 2.05) is 35.2 Å². The van der Waals surface area contributed by atoms with Gasteiger partial charge in [-0.25, -0.2) is 0 Å². The molecular formula is C15H22N2O2. The van der Waals surface area contributed by atoms with Gasteiger partial charge in [0, 0.05) is 20.2 Å². The van der Waals surface area contributed by atoms with Gasteiger partial charge < -0.3 is 15.4 Å². The van der Waals surface area contributed by atoms with E-state index in [2.05, 4.69) is 0 Å². The predicted molar refractivity (Wildman–Crippen MR) is 74.6 cm³/mol. The Bertz CT molecular complexity index is 431. The number of benzene rings is 1. The number of nitrogens with zero attached hydrogens (tertiary/aromatic N) is 1. The number of likely N-dealkylation sites (tertiary alicyclic amines) is 1. The minimum atomic E-state index is -0.975. The summed E-state index contributed by atoms with van der Waals surface area (Å²) in [5, 5.41) is 0. The molecule has 1 saturated heterocycles. The third-order valence-corrected chi connectivity index (χ3v) is 3.82. The number of carbonyl (C=O) groups excluding carboxylic acids is 1. The second kappa shape index (κ2) is 5.72. The van der Waals surface area contributed by atoms with E-state index in [4.69, 9.17) is 10.5 Å². The Morgan fingerprint density at radius 3 is 2.74 bits per heavy atom. The molecule has 0 aromatic heterocycles. The molecule has 0 aliphatic carbocycles. The number of nitrogens with two attached hydrogens (primary N) is 1. The lowest BCUT2D eigenvalue weighted by molar-refractivity contribution is -0.140. The molecule has 2 N–H and O–H groups in total. The number of amides is 1. The van der Waals surface area contributed by atoms with Gasteiger partial charge in [-0.3, -0.25) is 4.79 Å². The summed E-state index contributed by atoms with van der Waals surface area (Å²) in [7, 11) is 1.69. The lowest BCUT2D eigenvalue weighted by Gasteiger charge is -2.37. The van der Waals surface area contributed by atoms with Crippen molar-refractivity contribution in [3.63, 3.8) is 0 Å². The Hall–Kier alpha value is -1.39. The molecule has 2 unspecified atom stereocenters. The molecule has 4 heteroatoms. The molecule has 104 valence electrons. The summed E-state index contributed by atoms with van der Waals surface area (Å²) in [6.07, 6.45) is 2.10. The highest BCUT2D eigenvalue weighted by Gasteiger charge is 2.36. The molecule has 0 radical (unpaired) electrons. The SMILES string of the molecule is COC1CCCN(C(=O)C(C)(N)c2ccccc2)C1. The molecule has 1 heterocycles. The average Bonchev–Trinajstić information content (AvgIpc) is 2.47. The fourth-order valence-electron chi connectivity index (χ4n) is 2.55. The monoisotopic (exact) mass is 262 g/mol. The van der Waals surface area contributed by atoms with Crippen molar-refractivity contribution >= 4 is 5.91 Å². The number of methoxy groups -OCH3 is 1. The van der Waals surface area contributed by atoms with Crippen molar-refractivity contribution in [3.05, 3.63) is 35.9 Å². The van der Waals surface area contributed by atoms with Crippen LogP contribution in [0.4, 0.5) is 0 Å². The van der Waals surface area contributed by atoms with Crippen molar-refractivity contribution in [3.8, 4) is 0 Å². The first-order chi connectivity index (χ1) is 9.05. The van der Waals surface area contributed by atoms with E-state index in [0.29, 0.717) is 6.54 Å². The van der Waals surface area contributed by atoms with Crippen LogP contribution in [-0.4, -0.2) is 37.1 Å². The highest BCUT2D eigenvalue weighted by Crippen LogP contribution is 2.23. The Labute approximate surface area is 114 Å². The van der Waals surface area contributed by atoms with E-state index in [9.17, 15) is 4.79 Å². The zero-order chi connectivity index (χ0) is 13.9. The second-order valence-corrected chi connectivity index (χ2v) is 5.32. The van der Waals surface area contributed by atoms with Gasteiger partial charge in [0.15, 0.2) is 0 Å². The van der Waals surface area contributed by atoms with Crippen molar-refractivity contribution in [2.45, 2.75) is 31.4 Å². The van der Waals surface area contributed by atoms with Crippen molar-refractivity contribution in [1.29, 1.82) is 0 Å². The molecule has 1 amide bonds. The van der Waals surface area contributed by atoms with Crippen molar-refractivity contribution in [1.82, 2.24) is 4.90 Å². The van der Waals surface area contributed by atoms with Crippen molar-refractivity contribution < 1.29 is 9.53 Å². The first-order valence-corrected chi connectivity index (χ1v) is 6.72. The lowest BCUT2D eigenvalue weighted by atomic mass is 9.90. The van der Waals surface area contributed by atoms with Crippen LogP contribution in [0.1, 0.15) is 25.3 Å². The van der Waals surface area contributed by atoms with E-state index >= 15 is 0 Å². The van der Waals surface area contributed by atoms with Crippen molar-refractivity contribution in [2.24, 2.45) is 5.73 Å². The van der Waals surface area contributed by atoms with Gasteiger partial charge in [-0.05, 0) is 25.3 Å². The zero-order valence-electron chi connectivity index (χ0n) is 11.6. The average molecular weight is 262 g/mol. The molecule has 0 saturated carbocycles. The summed E-state index contributed by atoms with van der Waals surface area (Å²) in [5.74, 6) is -0.0274. The first kappa shape index (κ1) is 14.0. The zero-order valence-corrected chi connectivity index (χ0v) is 11.6. The fourth-order valence-corrected chi connectivity index (χ4v) is 2.55. The molecule has 2 atom stereocenters. The summed E-state index contributed by atoms with van der Waals surface area (Å²) in [6.45, 7) is 3.17. The highest BCUT2D eigenvalue weighted by atomic mass is 16.5. The van der Waals surface area contributed by atoms with E-state index < -0.39 is 5.54 Å². The number of hydrogen-bond acceptors (Lipinski definition) is 3. The van der Waals surface area contributed by atoms with Gasteiger partial charge in [0.05, 0.1) is 6.10 Å². The smallest absolute Gasteiger partial charge is 0.247 e. The number of rotatable bonds is 3. The summed E-state index contributed by atoms with van der Waals surface area (Å²) in [6, 6.07) is 9.53. The predicted octanol–water partition coefficient (Wildman–Crippen LogP) is 1.50. The van der Waals surface area contributed by atoms with Crippen LogP contribution in [0, 0.1) is 0 Å². The van der Waals surface area contributed by atoms with E-state index in [1.54, 1.807) is 14.0 Å². The molecule has 4 nitrogen and oxygen atoms in total. The standard InChI is InChI=1S/C15H22N2O2/c1-15(16,12-7-4-3-5-8-12)14(18)17-10-6-9-13(11-17)19-2/h3-5,7-8,13H,6,9-11,16H2,1-2H3. The molecule has 2 rings (SSSR count). The van der Waals surface area contributed by atoms with Crippen LogP contribution in [0.5, 0.6) is 0 Å². The summed E-state index contributed by atoms with van der Waals surface area (Å²) >= 11 is 0. The van der Waals surface area contributed by atoms with Crippen LogP contribution in [0.3, 0.4) is 0 Å². The van der Waals surface area contributed by atoms with Gasteiger partial charge in [0.2, 0.25) is 5.91 Å². The first-order valence-electron chi connectivity index (χ1n) is 6.72. The summed E-state index contributed by atoms with van der Waals surface area (Å²) in [4.78, 5) is 14.5. The third kappa shape index (κ3) is 2.96. The molecule has 0 spiro atoms. The Balaban J connectivity index is 2.14. The minimum Gasteiger partial charge on any atom is -0.380 e. The Morgan fingerprint density at radius 1 is 1.42 bits per heavy atom. The van der Waals surface area contributed by atoms with Gasteiger partial charge in [-0.15, -0.1) is 0 Å². The summed E-state index contributed by atoms with van der Waals surface area (Å²) in [5.41, 5.74) is 6.14. The van der Waals surface area contributed by atoms with Crippen LogP contribution >= 0.6 is 0 Å². The Morgan fingerprint density at radius 2 is 2.11 bits per heavy atom. The molecular weight excluding hydrogens is 240 g/mol. The maximum absolute atomic E-state index is 12.6. The fraction of sp³-hybridized carbons (Fsp3) is 0.533. The molecule has 1 aliphatic heterocycles. The van der Waals surface area contributed by atoms with Crippen LogP contribution in [-0.2, 0) is 15.1 Å². The van der Waals surface area contributed by atoms with Gasteiger partial charge in [0.25, 0.3) is 0 Å². The lowest BCUT2D eigenvalue weighted by Crippen LogP contribution is -2.54. The highest BCUT2D eigenvalue weighted by molar-refractivity contribution is 5.87. The van der Waals surface area contributed by atoms with Gasteiger partial charge >= 0.3 is 0 Å². The van der Waals surface area contributed by atoms with Crippen LogP contribution in [0.2, 0.25) is 0 Å². The minimum absolute atomic E-state index is 0.0274. The molecule has 19 heavy (non-hydrogen) atoms. The van der Waals surface area contributed by atoms with Gasteiger partial charge in [0.1, 0.15) is 5.54 Å². The van der Waals surface area contributed by atoms with Gasteiger partial charge in [-0.2, -0.15) is 0 Å². The van der Waals surface area contributed by atoms with E-state index in [0.717, 1.165) is 24.9 Å². The normalized spacial score (nSPS) is 22.9. The largest absolute Gasteiger partial charge is 0.380 e. The third-order valence-electron chi connectivity index (χ3n) is 3.82. The topological polar surface area (TPSA) is 55.6 Å². The molecule has 1 fully saturated rings. The second-order valence-electron chi connectivity index (χ2n) is 5.32. The van der Waals surface area contributed by atoms with Crippen LogP contribution < -0.4 is 5.73 Å². The molecule has 1 aromatic carbocycles. The number of ether oxygens (including phenoxy) is 1. The van der Waals surface area contributed by atoms with E-state index in [-0.39, 0.29) is 12.0 Å². The van der Waals surface area contributed by atoms with Gasteiger partial charge in [-0.1, -0.05) is 30.3 Å². The maximum Gasteiger partial charge on any atom is 0.247 e. The summed E-state index contributed by atoms with van der Waals surface area (Å²) < 4.78 is 5.36. The number of carbonyl (C=O) groups is 1. The quantitative estimate of drug-likeness (QED) is 0.898. The van der Waals surface area contributed by atoms with E-state index in [1.165, 1.54) is 0 Å². The number of piperidine rings is 1. The van der Waals surface area contributed by atoms with Crippen molar-refractivity contribution in [2.75, 3.05) is 20.2 Å². The van der Waals surface area contributed by atoms with Crippen LogP contribution in [0.25, 0.3) is 0 Å². The molecule has 1 aliphatic rings. The number of hydrogen-bond donors (Lipinski definition) is 1. The maximum atomic E-state index is 12.6. The molecule has 1 aromatic rings. The Kier molecular flexibility index (Phi) is 4.22. The van der Waals surface area contributed by atoms with Crippen LogP contribution in [0.15, 0.2) is 30.3 Å². The molecule has 0 bridgehead atoms.